The lowest BCUT2D eigenvalue weighted by Gasteiger charge is -2.23. The maximum Gasteiger partial charge on any atom is 0.251 e. The van der Waals surface area contributed by atoms with Crippen molar-refractivity contribution in [3.05, 3.63) is 64.2 Å². The Morgan fingerprint density at radius 3 is 2.42 bits per heavy atom. The van der Waals surface area contributed by atoms with Crippen LogP contribution < -0.4 is 10.2 Å². The highest BCUT2D eigenvalue weighted by Gasteiger charge is 2.15. The molecular weight excluding hydrogens is 324 g/mol. The molecule has 0 radical (unpaired) electrons. The molecule has 0 aliphatic heterocycles. The Kier molecular flexibility index (Phi) is 5.99. The highest BCUT2D eigenvalue weighted by molar-refractivity contribution is 6.30. The molecule has 2 aromatic rings. The van der Waals surface area contributed by atoms with Gasteiger partial charge >= 0.3 is 0 Å². The molecule has 4 nitrogen and oxygen atoms in total. The van der Waals surface area contributed by atoms with Crippen LogP contribution in [0.2, 0.25) is 5.02 Å². The van der Waals surface area contributed by atoms with E-state index < -0.39 is 0 Å². The van der Waals surface area contributed by atoms with E-state index in [1.165, 1.54) is 6.92 Å². The molecule has 0 fully saturated rings. The highest BCUT2D eigenvalue weighted by Crippen LogP contribution is 2.23. The Balaban J connectivity index is 2.04. The SMILES string of the molecule is CC(=O)N(CCNC(=O)c1ccccc1C)c1ccc(Cl)cc1C. The van der Waals surface area contributed by atoms with Crippen LogP contribution in [-0.2, 0) is 4.79 Å². The molecule has 0 aromatic heterocycles. The summed E-state index contributed by atoms with van der Waals surface area (Å²) >= 11 is 5.97. The van der Waals surface area contributed by atoms with Crippen molar-refractivity contribution < 1.29 is 9.59 Å². The zero-order valence-corrected chi connectivity index (χ0v) is 14.9. The number of aryl methyl sites for hydroxylation is 2. The number of carbonyl (C=O) groups excluding carboxylic acids is 2. The smallest absolute Gasteiger partial charge is 0.251 e. The van der Waals surface area contributed by atoms with E-state index in [4.69, 9.17) is 11.6 Å². The molecule has 2 aromatic carbocycles. The maximum absolute atomic E-state index is 12.2. The third kappa shape index (κ3) is 4.36. The first kappa shape index (κ1) is 18.0. The van der Waals surface area contributed by atoms with Crippen LogP contribution in [0, 0.1) is 13.8 Å². The van der Waals surface area contributed by atoms with Crippen LogP contribution in [0.1, 0.15) is 28.4 Å². The molecule has 0 atom stereocenters. The van der Waals surface area contributed by atoms with Crippen LogP contribution in [0.25, 0.3) is 0 Å². The van der Waals surface area contributed by atoms with Gasteiger partial charge in [0.15, 0.2) is 0 Å². The third-order valence-corrected chi connectivity index (χ3v) is 4.08. The van der Waals surface area contributed by atoms with Gasteiger partial charge in [-0.05, 0) is 49.2 Å². The molecule has 0 saturated carbocycles. The van der Waals surface area contributed by atoms with Crippen molar-refractivity contribution >= 4 is 29.1 Å². The van der Waals surface area contributed by atoms with Crippen LogP contribution in [-0.4, -0.2) is 24.9 Å². The molecule has 0 aliphatic carbocycles. The quantitative estimate of drug-likeness (QED) is 0.898. The van der Waals surface area contributed by atoms with Gasteiger partial charge in [0.2, 0.25) is 5.91 Å². The average Bonchev–Trinajstić information content (AvgIpc) is 2.52. The van der Waals surface area contributed by atoms with Crippen LogP contribution >= 0.6 is 11.6 Å². The minimum absolute atomic E-state index is 0.0782. The Morgan fingerprint density at radius 2 is 1.79 bits per heavy atom. The van der Waals surface area contributed by atoms with Gasteiger partial charge in [0.1, 0.15) is 0 Å². The topological polar surface area (TPSA) is 49.4 Å². The minimum atomic E-state index is -0.135. The van der Waals surface area contributed by atoms with Gasteiger partial charge in [0.05, 0.1) is 0 Å². The molecule has 24 heavy (non-hydrogen) atoms. The number of anilines is 1. The Hall–Kier alpha value is -2.33. The summed E-state index contributed by atoms with van der Waals surface area (Å²) < 4.78 is 0. The lowest BCUT2D eigenvalue weighted by molar-refractivity contribution is -0.116. The largest absolute Gasteiger partial charge is 0.350 e. The number of hydrogen-bond donors (Lipinski definition) is 1. The van der Waals surface area contributed by atoms with Gasteiger partial charge in [0, 0.05) is 36.3 Å². The number of nitrogens with one attached hydrogen (secondary N) is 1. The van der Waals surface area contributed by atoms with Gasteiger partial charge in [0.25, 0.3) is 5.91 Å². The highest BCUT2D eigenvalue weighted by atomic mass is 35.5. The molecule has 5 heteroatoms. The summed E-state index contributed by atoms with van der Waals surface area (Å²) in [6.07, 6.45) is 0. The number of rotatable bonds is 5. The molecule has 1 N–H and O–H groups in total. The summed E-state index contributed by atoms with van der Waals surface area (Å²) in [5, 5.41) is 3.50. The zero-order valence-electron chi connectivity index (χ0n) is 14.1. The van der Waals surface area contributed by atoms with Crippen LogP contribution in [0.5, 0.6) is 0 Å². The van der Waals surface area contributed by atoms with Gasteiger partial charge in [-0.25, -0.2) is 0 Å². The van der Waals surface area contributed by atoms with Crippen LogP contribution in [0.4, 0.5) is 5.69 Å². The van der Waals surface area contributed by atoms with E-state index in [9.17, 15) is 9.59 Å². The molecule has 2 amide bonds. The van der Waals surface area contributed by atoms with Crippen LogP contribution in [0.3, 0.4) is 0 Å². The second-order valence-corrected chi connectivity index (χ2v) is 6.11. The van der Waals surface area contributed by atoms with Gasteiger partial charge in [-0.3, -0.25) is 9.59 Å². The van der Waals surface area contributed by atoms with Gasteiger partial charge in [-0.15, -0.1) is 0 Å². The number of halogens is 1. The van der Waals surface area contributed by atoms with Gasteiger partial charge in [-0.2, -0.15) is 0 Å². The summed E-state index contributed by atoms with van der Waals surface area (Å²) in [7, 11) is 0. The molecular formula is C19H21ClN2O2. The van der Waals surface area contributed by atoms with E-state index in [-0.39, 0.29) is 11.8 Å². The number of nitrogens with zero attached hydrogens (tertiary/aromatic N) is 1. The van der Waals surface area contributed by atoms with Crippen molar-refractivity contribution in [3.63, 3.8) is 0 Å². The summed E-state index contributed by atoms with van der Waals surface area (Å²) in [4.78, 5) is 25.8. The second kappa shape index (κ2) is 7.97. The van der Waals surface area contributed by atoms with E-state index in [1.807, 2.05) is 44.2 Å². The van der Waals surface area contributed by atoms with Gasteiger partial charge < -0.3 is 10.2 Å². The number of benzene rings is 2. The summed E-state index contributed by atoms with van der Waals surface area (Å²) in [5.74, 6) is -0.213. The average molecular weight is 345 g/mol. The second-order valence-electron chi connectivity index (χ2n) is 5.67. The Labute approximate surface area is 147 Å². The first-order valence-corrected chi connectivity index (χ1v) is 8.16. The molecule has 0 aliphatic rings. The lowest BCUT2D eigenvalue weighted by atomic mass is 10.1. The number of hydrogen-bond acceptors (Lipinski definition) is 2. The zero-order chi connectivity index (χ0) is 17.7. The molecule has 0 bridgehead atoms. The predicted octanol–water partition coefficient (Wildman–Crippen LogP) is 3.74. The van der Waals surface area contributed by atoms with Crippen molar-refractivity contribution in [3.8, 4) is 0 Å². The normalized spacial score (nSPS) is 10.3. The van der Waals surface area contributed by atoms with E-state index in [1.54, 1.807) is 17.0 Å². The Bertz CT molecular complexity index is 759. The summed E-state index contributed by atoms with van der Waals surface area (Å²) in [5.41, 5.74) is 3.29. The molecule has 126 valence electrons. The fraction of sp³-hybridized carbons (Fsp3) is 0.263. The number of carbonyl (C=O) groups is 2. The fourth-order valence-electron chi connectivity index (χ4n) is 2.57. The van der Waals surface area contributed by atoms with Crippen molar-refractivity contribution in [1.82, 2.24) is 5.32 Å². The van der Waals surface area contributed by atoms with Crippen molar-refractivity contribution in [1.29, 1.82) is 0 Å². The standard InChI is InChI=1S/C19H21ClN2O2/c1-13-6-4-5-7-17(13)19(24)21-10-11-22(15(3)23)18-9-8-16(20)12-14(18)2/h4-9,12H,10-11H2,1-3H3,(H,21,24). The lowest BCUT2D eigenvalue weighted by Crippen LogP contribution is -2.38. The van der Waals surface area contributed by atoms with Crippen molar-refractivity contribution in [2.75, 3.05) is 18.0 Å². The van der Waals surface area contributed by atoms with Gasteiger partial charge in [-0.1, -0.05) is 29.8 Å². The van der Waals surface area contributed by atoms with Crippen LogP contribution in [0.15, 0.2) is 42.5 Å². The Morgan fingerprint density at radius 1 is 1.08 bits per heavy atom. The molecule has 0 heterocycles. The third-order valence-electron chi connectivity index (χ3n) is 3.84. The fourth-order valence-corrected chi connectivity index (χ4v) is 2.80. The summed E-state index contributed by atoms with van der Waals surface area (Å²) in [6.45, 7) is 6.08. The predicted molar refractivity (Wildman–Crippen MR) is 97.7 cm³/mol. The van der Waals surface area contributed by atoms with Crippen molar-refractivity contribution in [2.24, 2.45) is 0 Å². The van der Waals surface area contributed by atoms with E-state index >= 15 is 0 Å². The molecule has 2 rings (SSSR count). The van der Waals surface area contributed by atoms with E-state index in [2.05, 4.69) is 5.32 Å². The minimum Gasteiger partial charge on any atom is -0.350 e. The summed E-state index contributed by atoms with van der Waals surface area (Å²) in [6, 6.07) is 12.8. The first-order valence-electron chi connectivity index (χ1n) is 7.78. The first-order chi connectivity index (χ1) is 11.4. The maximum atomic E-state index is 12.2. The monoisotopic (exact) mass is 344 g/mol. The van der Waals surface area contributed by atoms with E-state index in [0.29, 0.717) is 23.7 Å². The molecule has 0 saturated heterocycles. The molecule has 0 unspecified atom stereocenters. The molecule has 0 spiro atoms. The van der Waals surface area contributed by atoms with E-state index in [0.717, 1.165) is 16.8 Å². The van der Waals surface area contributed by atoms with Crippen molar-refractivity contribution in [2.45, 2.75) is 20.8 Å². The number of amides is 2.